The number of hydrogen-bond donors (Lipinski definition) is 1. The molecule has 6 heteroatoms. The molecule has 1 rings (SSSR count). The van der Waals surface area contributed by atoms with E-state index in [1.165, 1.54) is 0 Å². The molecule has 0 aromatic heterocycles. The fourth-order valence-electron chi connectivity index (χ4n) is 2.13. The Kier molecular flexibility index (Phi) is 6.98. The third-order valence-corrected chi connectivity index (χ3v) is 6.81. The lowest BCUT2D eigenvalue weighted by molar-refractivity contribution is 0.340. The molecule has 1 aliphatic heterocycles. The lowest BCUT2D eigenvalue weighted by Crippen LogP contribution is -2.48. The molecule has 1 heterocycles. The van der Waals surface area contributed by atoms with Gasteiger partial charge in [0.15, 0.2) is 0 Å². The van der Waals surface area contributed by atoms with E-state index in [0.717, 1.165) is 31.7 Å². The Morgan fingerprint density at radius 2 is 2.06 bits per heavy atom. The Bertz CT molecular complexity index is 333. The summed E-state index contributed by atoms with van der Waals surface area (Å²) in [7, 11) is -3.06. The largest absolute Gasteiger partial charge is 0.317 e. The summed E-state index contributed by atoms with van der Waals surface area (Å²) in [4.78, 5) is 0. The van der Waals surface area contributed by atoms with Crippen molar-refractivity contribution in [3.05, 3.63) is 0 Å². The van der Waals surface area contributed by atoms with Crippen LogP contribution in [0.5, 0.6) is 0 Å². The summed E-state index contributed by atoms with van der Waals surface area (Å²) < 4.78 is 26.3. The maximum atomic E-state index is 12.3. The summed E-state index contributed by atoms with van der Waals surface area (Å²) in [6, 6.07) is 0.127. The molecule has 0 aromatic carbocycles. The molecule has 0 saturated carbocycles. The highest BCUT2D eigenvalue weighted by Gasteiger charge is 2.33. The van der Waals surface area contributed by atoms with Gasteiger partial charge in [0.05, 0.1) is 5.75 Å². The van der Waals surface area contributed by atoms with E-state index < -0.39 is 10.0 Å². The quantitative estimate of drug-likeness (QED) is 0.724. The average molecular weight is 294 g/mol. The third-order valence-electron chi connectivity index (χ3n) is 3.44. The molecule has 0 aromatic rings. The topological polar surface area (TPSA) is 49.4 Å². The Morgan fingerprint density at radius 3 is 2.72 bits per heavy atom. The highest BCUT2D eigenvalue weighted by Crippen LogP contribution is 2.26. The second-order valence-electron chi connectivity index (χ2n) is 4.80. The van der Waals surface area contributed by atoms with Crippen molar-refractivity contribution in [3.63, 3.8) is 0 Å². The predicted octanol–water partition coefficient (Wildman–Crippen LogP) is 1.53. The standard InChI is InChI=1S/C12H26N2O2S2/c1-4-13-7-5-6-10-18(15,16)14-8-9-17-12(3)11(14)2/h11-13H,4-10H2,1-3H3. The van der Waals surface area contributed by atoms with Crippen molar-refractivity contribution in [1.29, 1.82) is 0 Å². The summed E-state index contributed by atoms with van der Waals surface area (Å²) in [6.45, 7) is 8.73. The molecule has 1 aliphatic rings. The van der Waals surface area contributed by atoms with E-state index in [9.17, 15) is 8.42 Å². The van der Waals surface area contributed by atoms with Gasteiger partial charge in [-0.25, -0.2) is 8.42 Å². The molecule has 0 spiro atoms. The van der Waals surface area contributed by atoms with Gasteiger partial charge in [0.25, 0.3) is 0 Å². The van der Waals surface area contributed by atoms with Crippen LogP contribution in [0.1, 0.15) is 33.6 Å². The summed E-state index contributed by atoms with van der Waals surface area (Å²) >= 11 is 1.86. The second kappa shape index (κ2) is 7.72. The molecule has 0 amide bonds. The third kappa shape index (κ3) is 4.72. The minimum atomic E-state index is -3.06. The molecular weight excluding hydrogens is 268 g/mol. The van der Waals surface area contributed by atoms with Crippen molar-refractivity contribution in [2.24, 2.45) is 0 Å². The zero-order valence-corrected chi connectivity index (χ0v) is 13.3. The van der Waals surface area contributed by atoms with Crippen LogP contribution in [0.25, 0.3) is 0 Å². The van der Waals surface area contributed by atoms with Gasteiger partial charge in [-0.05, 0) is 32.9 Å². The number of thioether (sulfide) groups is 1. The Morgan fingerprint density at radius 1 is 1.33 bits per heavy atom. The molecule has 1 N–H and O–H groups in total. The van der Waals surface area contributed by atoms with Crippen LogP contribution in [0.4, 0.5) is 0 Å². The van der Waals surface area contributed by atoms with Crippen LogP contribution >= 0.6 is 11.8 Å². The fraction of sp³-hybridized carbons (Fsp3) is 1.00. The Hall–Kier alpha value is 0.220. The van der Waals surface area contributed by atoms with Crippen LogP contribution in [-0.2, 0) is 10.0 Å². The van der Waals surface area contributed by atoms with Crippen molar-refractivity contribution < 1.29 is 8.42 Å². The molecule has 18 heavy (non-hydrogen) atoms. The average Bonchev–Trinajstić information content (AvgIpc) is 2.32. The van der Waals surface area contributed by atoms with Crippen molar-refractivity contribution >= 4 is 21.8 Å². The van der Waals surface area contributed by atoms with Gasteiger partial charge in [0.1, 0.15) is 0 Å². The molecule has 2 unspecified atom stereocenters. The first-order valence-electron chi connectivity index (χ1n) is 6.81. The molecule has 108 valence electrons. The van der Waals surface area contributed by atoms with Crippen molar-refractivity contribution in [1.82, 2.24) is 9.62 Å². The number of nitrogens with zero attached hydrogens (tertiary/aromatic N) is 1. The molecular formula is C12H26N2O2S2. The molecule has 1 saturated heterocycles. The summed E-state index contributed by atoms with van der Waals surface area (Å²) in [5.41, 5.74) is 0. The van der Waals surface area contributed by atoms with Crippen LogP contribution in [0.3, 0.4) is 0 Å². The lowest BCUT2D eigenvalue weighted by atomic mass is 10.2. The van der Waals surface area contributed by atoms with Crippen molar-refractivity contribution in [2.45, 2.75) is 44.9 Å². The number of sulfonamides is 1. The van der Waals surface area contributed by atoms with E-state index in [0.29, 0.717) is 17.5 Å². The zero-order chi connectivity index (χ0) is 13.6. The smallest absolute Gasteiger partial charge is 0.214 e. The first kappa shape index (κ1) is 16.3. The monoisotopic (exact) mass is 294 g/mol. The van der Waals surface area contributed by atoms with Gasteiger partial charge in [-0.3, -0.25) is 0 Å². The van der Waals surface area contributed by atoms with Crippen LogP contribution in [0.2, 0.25) is 0 Å². The van der Waals surface area contributed by atoms with E-state index in [-0.39, 0.29) is 6.04 Å². The zero-order valence-electron chi connectivity index (χ0n) is 11.7. The Balaban J connectivity index is 2.42. The normalized spacial score (nSPS) is 26.4. The van der Waals surface area contributed by atoms with E-state index >= 15 is 0 Å². The van der Waals surface area contributed by atoms with Crippen molar-refractivity contribution in [3.8, 4) is 0 Å². The van der Waals surface area contributed by atoms with Gasteiger partial charge >= 0.3 is 0 Å². The fourth-order valence-corrected chi connectivity index (χ4v) is 5.28. The minimum absolute atomic E-state index is 0.127. The van der Waals surface area contributed by atoms with E-state index in [2.05, 4.69) is 19.2 Å². The van der Waals surface area contributed by atoms with Gasteiger partial charge in [-0.2, -0.15) is 16.1 Å². The maximum Gasteiger partial charge on any atom is 0.214 e. The Labute approximate surface area is 116 Å². The van der Waals surface area contributed by atoms with E-state index in [1.54, 1.807) is 4.31 Å². The van der Waals surface area contributed by atoms with Crippen LogP contribution in [-0.4, -0.2) is 55.2 Å². The summed E-state index contributed by atoms with van der Waals surface area (Å²) in [6.07, 6.45) is 1.68. The predicted molar refractivity (Wildman–Crippen MR) is 79.7 cm³/mol. The molecule has 0 radical (unpaired) electrons. The number of unbranched alkanes of at least 4 members (excludes halogenated alkanes) is 1. The van der Waals surface area contributed by atoms with Gasteiger partial charge in [0.2, 0.25) is 10.0 Å². The molecule has 0 bridgehead atoms. The molecule has 2 atom stereocenters. The highest BCUT2D eigenvalue weighted by atomic mass is 32.2. The van der Waals surface area contributed by atoms with Crippen LogP contribution < -0.4 is 5.32 Å². The molecule has 4 nitrogen and oxygen atoms in total. The summed E-state index contributed by atoms with van der Waals surface area (Å²) in [5, 5.41) is 3.62. The summed E-state index contributed by atoms with van der Waals surface area (Å²) in [5.74, 6) is 1.21. The number of rotatable bonds is 7. The minimum Gasteiger partial charge on any atom is -0.317 e. The highest BCUT2D eigenvalue weighted by molar-refractivity contribution is 8.00. The van der Waals surface area contributed by atoms with E-state index in [4.69, 9.17) is 0 Å². The maximum absolute atomic E-state index is 12.3. The number of nitrogens with one attached hydrogen (secondary N) is 1. The van der Waals surface area contributed by atoms with Crippen LogP contribution in [0.15, 0.2) is 0 Å². The lowest BCUT2D eigenvalue weighted by Gasteiger charge is -2.36. The second-order valence-corrected chi connectivity index (χ2v) is 8.33. The van der Waals surface area contributed by atoms with Gasteiger partial charge in [0, 0.05) is 23.6 Å². The first-order valence-corrected chi connectivity index (χ1v) is 9.46. The van der Waals surface area contributed by atoms with Gasteiger partial charge in [-0.15, -0.1) is 0 Å². The van der Waals surface area contributed by atoms with Gasteiger partial charge < -0.3 is 5.32 Å². The van der Waals surface area contributed by atoms with Crippen molar-refractivity contribution in [2.75, 3.05) is 31.1 Å². The molecule has 1 fully saturated rings. The van der Waals surface area contributed by atoms with Gasteiger partial charge in [-0.1, -0.05) is 13.8 Å². The molecule has 0 aliphatic carbocycles. The van der Waals surface area contributed by atoms with Crippen LogP contribution in [0, 0.1) is 0 Å². The SMILES string of the molecule is CCNCCCCS(=O)(=O)N1CCSC(C)C1C. The number of hydrogen-bond acceptors (Lipinski definition) is 4. The first-order chi connectivity index (χ1) is 8.49. The van der Waals surface area contributed by atoms with E-state index in [1.807, 2.05) is 18.7 Å².